The molecule has 4 aromatic rings. The van der Waals surface area contributed by atoms with E-state index < -0.39 is 5.91 Å². The molecule has 4 rings (SSSR count). The van der Waals surface area contributed by atoms with Crippen molar-refractivity contribution in [2.75, 3.05) is 13.2 Å². The van der Waals surface area contributed by atoms with Crippen LogP contribution in [0.15, 0.2) is 95.7 Å². The van der Waals surface area contributed by atoms with Crippen molar-refractivity contribution in [3.8, 4) is 17.4 Å². The molecule has 0 spiro atoms. The number of azo groups is 1. The highest BCUT2D eigenvalue weighted by Gasteiger charge is 2.18. The van der Waals surface area contributed by atoms with E-state index in [1.807, 2.05) is 73.7 Å². The summed E-state index contributed by atoms with van der Waals surface area (Å²) in [5.41, 5.74) is 2.79. The fourth-order valence-corrected chi connectivity index (χ4v) is 3.62. The number of ether oxygens (including phenoxy) is 2. The Labute approximate surface area is 197 Å². The topological polar surface area (TPSA) is 85.4 Å². The number of hydrogen-bond donors (Lipinski definition) is 1. The molecule has 0 radical (unpaired) electrons. The van der Waals surface area contributed by atoms with Crippen LogP contribution in [0, 0.1) is 6.92 Å². The lowest BCUT2D eigenvalue weighted by Gasteiger charge is -2.12. The number of aryl methyl sites for hydroxylation is 1. The van der Waals surface area contributed by atoms with Gasteiger partial charge in [0.15, 0.2) is 12.3 Å². The van der Waals surface area contributed by atoms with E-state index in [4.69, 9.17) is 9.47 Å². The van der Waals surface area contributed by atoms with Gasteiger partial charge < -0.3 is 19.1 Å². The van der Waals surface area contributed by atoms with E-state index in [1.165, 1.54) is 0 Å². The van der Waals surface area contributed by atoms with Crippen molar-refractivity contribution in [3.63, 3.8) is 0 Å². The Morgan fingerprint density at radius 2 is 1.71 bits per heavy atom. The molecule has 0 aliphatic heterocycles. The predicted octanol–water partition coefficient (Wildman–Crippen LogP) is 5.96. The zero-order valence-electron chi connectivity index (χ0n) is 18.8. The van der Waals surface area contributed by atoms with Crippen molar-refractivity contribution < 1.29 is 19.4 Å². The summed E-state index contributed by atoms with van der Waals surface area (Å²) in [7, 11) is 0. The van der Waals surface area contributed by atoms with Crippen molar-refractivity contribution in [2.45, 2.75) is 13.5 Å². The minimum Gasteiger partial charge on any atom is -0.493 e. The molecule has 1 aromatic heterocycles. The molecular weight excluding hydrogens is 430 g/mol. The van der Waals surface area contributed by atoms with Gasteiger partial charge in [-0.25, -0.2) is 0 Å². The third-order valence-electron chi connectivity index (χ3n) is 5.28. The number of aromatic nitrogens is 1. The molecule has 0 saturated heterocycles. The SMILES string of the molecule is C=CCOc1ccccc1Cn1c(O)c(N=NC(=O)COc2ccccc2C)c2ccccc21. The first-order valence-electron chi connectivity index (χ1n) is 10.8. The van der Waals surface area contributed by atoms with Crippen LogP contribution in [-0.4, -0.2) is 28.8 Å². The van der Waals surface area contributed by atoms with Crippen LogP contribution in [0.2, 0.25) is 0 Å². The van der Waals surface area contributed by atoms with E-state index in [0.717, 1.165) is 16.6 Å². The lowest BCUT2D eigenvalue weighted by atomic mass is 10.2. The number of carbonyl (C=O) groups excluding carboxylic acids is 1. The van der Waals surface area contributed by atoms with Gasteiger partial charge in [-0.15, -0.1) is 10.2 Å². The van der Waals surface area contributed by atoms with Gasteiger partial charge >= 0.3 is 5.91 Å². The second kappa shape index (κ2) is 10.5. The van der Waals surface area contributed by atoms with E-state index >= 15 is 0 Å². The van der Waals surface area contributed by atoms with E-state index in [2.05, 4.69) is 16.8 Å². The minimum atomic E-state index is -0.553. The standard InChI is InChI=1S/C27H25N3O4/c1-3-16-33-24-15-9-5-11-20(24)17-30-22-13-7-6-12-21(22)26(27(30)32)29-28-25(31)18-34-23-14-8-4-10-19(23)2/h3-15,32H,1,16-18H2,2H3. The van der Waals surface area contributed by atoms with Gasteiger partial charge in [0, 0.05) is 10.9 Å². The number of amides is 1. The Bertz CT molecular complexity index is 1360. The summed E-state index contributed by atoms with van der Waals surface area (Å²) in [4.78, 5) is 12.3. The molecule has 1 heterocycles. The van der Waals surface area contributed by atoms with Gasteiger partial charge in [-0.1, -0.05) is 67.3 Å². The molecule has 0 fully saturated rings. The molecule has 3 aromatic carbocycles. The maximum absolute atomic E-state index is 12.3. The maximum atomic E-state index is 12.3. The average Bonchev–Trinajstić information content (AvgIpc) is 3.12. The van der Waals surface area contributed by atoms with Crippen LogP contribution in [0.5, 0.6) is 17.4 Å². The number of benzene rings is 3. The van der Waals surface area contributed by atoms with Crippen molar-refractivity contribution in [3.05, 3.63) is 96.6 Å². The summed E-state index contributed by atoms with van der Waals surface area (Å²) in [6, 6.07) is 22.4. The van der Waals surface area contributed by atoms with E-state index in [9.17, 15) is 9.90 Å². The number of rotatable bonds is 9. The number of carbonyl (C=O) groups is 1. The van der Waals surface area contributed by atoms with Crippen LogP contribution >= 0.6 is 0 Å². The molecule has 0 atom stereocenters. The van der Waals surface area contributed by atoms with Gasteiger partial charge in [0.05, 0.1) is 12.1 Å². The summed E-state index contributed by atoms with van der Waals surface area (Å²) in [6.45, 7) is 6.06. The molecule has 0 bridgehead atoms. The van der Waals surface area contributed by atoms with E-state index in [1.54, 1.807) is 16.7 Å². The van der Waals surface area contributed by atoms with Gasteiger partial charge in [0.2, 0.25) is 5.88 Å². The zero-order chi connectivity index (χ0) is 23.9. The Morgan fingerprint density at radius 3 is 2.50 bits per heavy atom. The molecule has 7 nitrogen and oxygen atoms in total. The molecule has 1 amide bonds. The average molecular weight is 456 g/mol. The van der Waals surface area contributed by atoms with Gasteiger partial charge in [0.1, 0.15) is 18.1 Å². The minimum absolute atomic E-state index is 0.0869. The highest BCUT2D eigenvalue weighted by molar-refractivity contribution is 5.95. The quantitative estimate of drug-likeness (QED) is 0.249. The summed E-state index contributed by atoms with van der Waals surface area (Å²) in [6.07, 6.45) is 1.68. The monoisotopic (exact) mass is 455 g/mol. The summed E-state index contributed by atoms with van der Waals surface area (Å²) in [5.74, 6) is 0.674. The van der Waals surface area contributed by atoms with Gasteiger partial charge in [-0.05, 0) is 30.7 Å². The molecule has 172 valence electrons. The lowest BCUT2D eigenvalue weighted by Crippen LogP contribution is -2.08. The summed E-state index contributed by atoms with van der Waals surface area (Å²) in [5, 5.41) is 19.6. The molecule has 0 aliphatic carbocycles. The first-order valence-corrected chi connectivity index (χ1v) is 10.8. The van der Waals surface area contributed by atoms with Gasteiger partial charge in [0.25, 0.3) is 0 Å². The fraction of sp³-hybridized carbons (Fsp3) is 0.148. The molecule has 34 heavy (non-hydrogen) atoms. The Hall–Kier alpha value is -4.39. The molecular formula is C27H25N3O4. The maximum Gasteiger partial charge on any atom is 0.302 e. The normalized spacial score (nSPS) is 11.1. The lowest BCUT2D eigenvalue weighted by molar-refractivity contribution is -0.120. The van der Waals surface area contributed by atoms with Crippen molar-refractivity contribution >= 4 is 22.5 Å². The third kappa shape index (κ3) is 4.99. The van der Waals surface area contributed by atoms with Gasteiger partial charge in [-0.2, -0.15) is 0 Å². The first-order chi connectivity index (χ1) is 16.6. The van der Waals surface area contributed by atoms with E-state index in [-0.39, 0.29) is 18.2 Å². The molecule has 0 saturated carbocycles. The van der Waals surface area contributed by atoms with Crippen molar-refractivity contribution in [1.82, 2.24) is 4.57 Å². The van der Waals surface area contributed by atoms with Crippen LogP contribution in [0.4, 0.5) is 5.69 Å². The molecule has 0 aliphatic rings. The smallest absolute Gasteiger partial charge is 0.302 e. The highest BCUT2D eigenvalue weighted by atomic mass is 16.5. The number of para-hydroxylation sites is 3. The fourth-order valence-electron chi connectivity index (χ4n) is 3.62. The van der Waals surface area contributed by atoms with Crippen LogP contribution in [-0.2, 0) is 11.3 Å². The number of hydrogen-bond acceptors (Lipinski definition) is 5. The highest BCUT2D eigenvalue weighted by Crippen LogP contribution is 2.39. The Balaban J connectivity index is 1.59. The number of fused-ring (bicyclic) bond motifs is 1. The van der Waals surface area contributed by atoms with Crippen LogP contribution in [0.3, 0.4) is 0 Å². The molecule has 7 heteroatoms. The van der Waals surface area contributed by atoms with Crippen LogP contribution < -0.4 is 9.47 Å². The van der Waals surface area contributed by atoms with Crippen LogP contribution in [0.25, 0.3) is 10.9 Å². The molecule has 0 unspecified atom stereocenters. The zero-order valence-corrected chi connectivity index (χ0v) is 18.8. The van der Waals surface area contributed by atoms with Crippen molar-refractivity contribution in [1.29, 1.82) is 0 Å². The summed E-state index contributed by atoms with van der Waals surface area (Å²) >= 11 is 0. The third-order valence-corrected chi connectivity index (χ3v) is 5.28. The van der Waals surface area contributed by atoms with E-state index in [0.29, 0.717) is 30.0 Å². The second-order valence-corrected chi connectivity index (χ2v) is 7.63. The number of aromatic hydroxyl groups is 1. The second-order valence-electron chi connectivity index (χ2n) is 7.63. The number of nitrogens with zero attached hydrogens (tertiary/aromatic N) is 3. The summed E-state index contributed by atoms with van der Waals surface area (Å²) < 4.78 is 13.0. The van der Waals surface area contributed by atoms with Gasteiger partial charge in [-0.3, -0.25) is 4.79 Å². The Morgan fingerprint density at radius 1 is 1.00 bits per heavy atom. The van der Waals surface area contributed by atoms with Crippen LogP contribution in [0.1, 0.15) is 11.1 Å². The molecule has 1 N–H and O–H groups in total. The Kier molecular flexibility index (Phi) is 7.03. The van der Waals surface area contributed by atoms with Crippen molar-refractivity contribution in [2.24, 2.45) is 10.2 Å². The predicted molar refractivity (Wildman–Crippen MR) is 131 cm³/mol. The first kappa shape index (κ1) is 22.8. The largest absolute Gasteiger partial charge is 0.493 e.